The molecule has 0 aromatic heterocycles. The molecular formula is C10H18N2O2. The summed E-state index contributed by atoms with van der Waals surface area (Å²) in [7, 11) is 3.34. The summed E-state index contributed by atoms with van der Waals surface area (Å²) < 4.78 is 4.52. The van der Waals surface area contributed by atoms with Crippen molar-refractivity contribution in [2.45, 2.75) is 19.8 Å². The first-order valence-electron chi connectivity index (χ1n) is 4.75. The van der Waals surface area contributed by atoms with Gasteiger partial charge < -0.3 is 9.64 Å². The number of esters is 1. The van der Waals surface area contributed by atoms with Crippen LogP contribution >= 0.6 is 0 Å². The Morgan fingerprint density at radius 3 is 2.79 bits per heavy atom. The van der Waals surface area contributed by atoms with E-state index in [1.807, 2.05) is 14.0 Å². The fourth-order valence-electron chi connectivity index (χ4n) is 1.19. The van der Waals surface area contributed by atoms with E-state index in [0.29, 0.717) is 6.42 Å². The molecule has 0 aliphatic heterocycles. The maximum Gasteiger partial charge on any atom is 0.305 e. The number of hydrogen-bond acceptors (Lipinski definition) is 4. The molecule has 1 unspecified atom stereocenters. The number of carbonyl (C=O) groups is 1. The van der Waals surface area contributed by atoms with Gasteiger partial charge in [-0.25, -0.2) is 0 Å². The van der Waals surface area contributed by atoms with E-state index in [2.05, 4.69) is 15.7 Å². The summed E-state index contributed by atoms with van der Waals surface area (Å²) in [4.78, 5) is 12.8. The molecule has 0 aromatic carbocycles. The third-order valence-corrected chi connectivity index (χ3v) is 1.95. The zero-order valence-electron chi connectivity index (χ0n) is 9.12. The quantitative estimate of drug-likeness (QED) is 0.598. The molecule has 0 rings (SSSR count). The van der Waals surface area contributed by atoms with Crippen LogP contribution < -0.4 is 0 Å². The van der Waals surface area contributed by atoms with Gasteiger partial charge in [-0.2, -0.15) is 5.26 Å². The van der Waals surface area contributed by atoms with Gasteiger partial charge in [0.25, 0.3) is 0 Å². The van der Waals surface area contributed by atoms with E-state index < -0.39 is 0 Å². The zero-order valence-corrected chi connectivity index (χ0v) is 9.12. The Balaban J connectivity index is 3.50. The lowest BCUT2D eigenvalue weighted by Gasteiger charge is -2.16. The maximum absolute atomic E-state index is 10.8. The summed E-state index contributed by atoms with van der Waals surface area (Å²) in [6, 6.07) is 2.17. The van der Waals surface area contributed by atoms with Crippen molar-refractivity contribution in [2.24, 2.45) is 5.92 Å². The fraction of sp³-hybridized carbons (Fsp3) is 0.800. The van der Waals surface area contributed by atoms with Crippen LogP contribution in [0.3, 0.4) is 0 Å². The Hall–Kier alpha value is -1.08. The molecule has 1 atom stereocenters. The molecule has 0 aliphatic carbocycles. The third-order valence-electron chi connectivity index (χ3n) is 1.95. The van der Waals surface area contributed by atoms with Gasteiger partial charge >= 0.3 is 5.97 Å². The van der Waals surface area contributed by atoms with Crippen LogP contribution in [0.1, 0.15) is 19.8 Å². The SMILES string of the molecule is COC(=O)CCCN(C)CC(C)C#N. The normalized spacial score (nSPS) is 12.2. The van der Waals surface area contributed by atoms with Crippen molar-refractivity contribution in [2.75, 3.05) is 27.2 Å². The van der Waals surface area contributed by atoms with Gasteiger partial charge in [0.2, 0.25) is 0 Å². The van der Waals surface area contributed by atoms with Crippen molar-refractivity contribution in [1.29, 1.82) is 5.26 Å². The molecule has 0 bridgehead atoms. The Bertz CT molecular complexity index is 211. The van der Waals surface area contributed by atoms with Crippen LogP contribution in [-0.2, 0) is 9.53 Å². The minimum Gasteiger partial charge on any atom is -0.469 e. The Morgan fingerprint density at radius 1 is 1.64 bits per heavy atom. The molecule has 0 radical (unpaired) electrons. The molecule has 0 saturated heterocycles. The standard InChI is InChI=1S/C10H18N2O2/c1-9(7-11)8-12(2)6-4-5-10(13)14-3/h9H,4-6,8H2,1-3H3. The monoisotopic (exact) mass is 198 g/mol. The molecule has 0 heterocycles. The molecular weight excluding hydrogens is 180 g/mol. The molecule has 0 N–H and O–H groups in total. The highest BCUT2D eigenvalue weighted by Gasteiger charge is 2.06. The van der Waals surface area contributed by atoms with Crippen LogP contribution in [0.5, 0.6) is 0 Å². The number of nitrogens with zero attached hydrogens (tertiary/aromatic N) is 2. The van der Waals surface area contributed by atoms with Crippen LogP contribution in [0.4, 0.5) is 0 Å². The van der Waals surface area contributed by atoms with Gasteiger partial charge in [-0.15, -0.1) is 0 Å². The molecule has 80 valence electrons. The minimum atomic E-state index is -0.174. The second-order valence-electron chi connectivity index (χ2n) is 3.47. The molecule has 14 heavy (non-hydrogen) atoms. The summed E-state index contributed by atoms with van der Waals surface area (Å²) in [5, 5.41) is 8.58. The van der Waals surface area contributed by atoms with Crippen LogP contribution in [0.15, 0.2) is 0 Å². The molecule has 0 spiro atoms. The zero-order chi connectivity index (χ0) is 11.0. The molecule has 0 amide bonds. The van der Waals surface area contributed by atoms with E-state index >= 15 is 0 Å². The van der Waals surface area contributed by atoms with Crippen molar-refractivity contribution in [3.8, 4) is 6.07 Å². The van der Waals surface area contributed by atoms with E-state index in [4.69, 9.17) is 5.26 Å². The van der Waals surface area contributed by atoms with Crippen molar-refractivity contribution in [1.82, 2.24) is 4.90 Å². The predicted octanol–water partition coefficient (Wildman–Crippen LogP) is 1.03. The first kappa shape index (κ1) is 12.9. The van der Waals surface area contributed by atoms with E-state index in [1.54, 1.807) is 0 Å². The third kappa shape index (κ3) is 6.44. The van der Waals surface area contributed by atoms with Gasteiger partial charge in [0.15, 0.2) is 0 Å². The first-order chi connectivity index (χ1) is 6.60. The van der Waals surface area contributed by atoms with Crippen molar-refractivity contribution in [3.05, 3.63) is 0 Å². The topological polar surface area (TPSA) is 53.3 Å². The molecule has 0 saturated carbocycles. The van der Waals surface area contributed by atoms with E-state index in [-0.39, 0.29) is 11.9 Å². The number of ether oxygens (including phenoxy) is 1. The maximum atomic E-state index is 10.8. The first-order valence-corrected chi connectivity index (χ1v) is 4.75. The van der Waals surface area contributed by atoms with Gasteiger partial charge in [0.1, 0.15) is 0 Å². The summed E-state index contributed by atoms with van der Waals surface area (Å²) in [6.45, 7) is 3.45. The molecule has 0 fully saturated rings. The highest BCUT2D eigenvalue weighted by Crippen LogP contribution is 1.99. The van der Waals surface area contributed by atoms with E-state index in [0.717, 1.165) is 19.5 Å². The number of carbonyl (C=O) groups excluding carboxylic acids is 1. The van der Waals surface area contributed by atoms with Crippen LogP contribution in [0.25, 0.3) is 0 Å². The van der Waals surface area contributed by atoms with Crippen LogP contribution in [0.2, 0.25) is 0 Å². The number of methoxy groups -OCH3 is 1. The van der Waals surface area contributed by atoms with Gasteiger partial charge in [0, 0.05) is 13.0 Å². The Labute approximate surface area is 85.5 Å². The lowest BCUT2D eigenvalue weighted by Crippen LogP contribution is -2.25. The number of nitriles is 1. The van der Waals surface area contributed by atoms with Gasteiger partial charge in [-0.05, 0) is 26.9 Å². The highest BCUT2D eigenvalue weighted by atomic mass is 16.5. The largest absolute Gasteiger partial charge is 0.469 e. The van der Waals surface area contributed by atoms with Crippen molar-refractivity contribution >= 4 is 5.97 Å². The van der Waals surface area contributed by atoms with Crippen molar-refractivity contribution < 1.29 is 9.53 Å². The predicted molar refractivity (Wildman–Crippen MR) is 53.5 cm³/mol. The Kier molecular flexibility index (Phi) is 6.77. The molecule has 0 aromatic rings. The van der Waals surface area contributed by atoms with Crippen LogP contribution in [0, 0.1) is 17.2 Å². The second-order valence-corrected chi connectivity index (χ2v) is 3.47. The molecule has 4 nitrogen and oxygen atoms in total. The van der Waals surface area contributed by atoms with E-state index in [1.165, 1.54) is 7.11 Å². The fourth-order valence-corrected chi connectivity index (χ4v) is 1.19. The minimum absolute atomic E-state index is 0.0399. The average molecular weight is 198 g/mol. The summed E-state index contributed by atoms with van der Waals surface area (Å²) >= 11 is 0. The summed E-state index contributed by atoms with van der Waals surface area (Å²) in [5.41, 5.74) is 0. The highest BCUT2D eigenvalue weighted by molar-refractivity contribution is 5.69. The lowest BCUT2D eigenvalue weighted by atomic mass is 10.2. The molecule has 4 heteroatoms. The summed E-state index contributed by atoms with van der Waals surface area (Å²) in [5.74, 6) is -0.134. The second kappa shape index (κ2) is 7.34. The average Bonchev–Trinajstić information content (AvgIpc) is 2.17. The summed E-state index contributed by atoms with van der Waals surface area (Å²) in [6.07, 6.45) is 1.23. The Morgan fingerprint density at radius 2 is 2.29 bits per heavy atom. The van der Waals surface area contributed by atoms with Crippen LogP contribution in [-0.4, -0.2) is 38.1 Å². The number of hydrogen-bond donors (Lipinski definition) is 0. The van der Waals surface area contributed by atoms with Gasteiger partial charge in [0.05, 0.1) is 19.1 Å². The van der Waals surface area contributed by atoms with E-state index in [9.17, 15) is 4.79 Å². The van der Waals surface area contributed by atoms with Gasteiger partial charge in [-0.1, -0.05) is 0 Å². The van der Waals surface area contributed by atoms with Gasteiger partial charge in [-0.3, -0.25) is 4.79 Å². The smallest absolute Gasteiger partial charge is 0.305 e. The molecule has 0 aliphatic rings. The lowest BCUT2D eigenvalue weighted by molar-refractivity contribution is -0.140. The number of rotatable bonds is 6. The van der Waals surface area contributed by atoms with Crippen molar-refractivity contribution in [3.63, 3.8) is 0 Å².